The fraction of sp³-hybridized carbons (Fsp3) is 0.600. The van der Waals surface area contributed by atoms with Crippen LogP contribution >= 0.6 is 23.2 Å². The van der Waals surface area contributed by atoms with Crippen molar-refractivity contribution >= 4 is 23.2 Å². The van der Waals surface area contributed by atoms with E-state index in [1.54, 1.807) is 18.2 Å². The molecule has 3 atom stereocenters. The standard InChI is InChI=1S/C15H20Cl2O/c1-2-10-5-3-4-6-12(10)15(18)13-9-11(16)7-8-14(13)17/h7-10,12,15,18H,2-6H2,1H3. The van der Waals surface area contributed by atoms with E-state index >= 15 is 0 Å². The van der Waals surface area contributed by atoms with Crippen molar-refractivity contribution in [1.29, 1.82) is 0 Å². The number of halogens is 2. The van der Waals surface area contributed by atoms with Crippen LogP contribution in [0, 0.1) is 11.8 Å². The Morgan fingerprint density at radius 1 is 1.28 bits per heavy atom. The van der Waals surface area contributed by atoms with Gasteiger partial charge in [0.25, 0.3) is 0 Å². The van der Waals surface area contributed by atoms with Crippen molar-refractivity contribution in [1.82, 2.24) is 0 Å². The molecule has 0 saturated heterocycles. The highest BCUT2D eigenvalue weighted by atomic mass is 35.5. The predicted octanol–water partition coefficient (Wildman–Crippen LogP) is 5.24. The van der Waals surface area contributed by atoms with Crippen LogP contribution < -0.4 is 0 Å². The first kappa shape index (κ1) is 14.2. The van der Waals surface area contributed by atoms with Gasteiger partial charge in [0, 0.05) is 15.6 Å². The van der Waals surface area contributed by atoms with Crippen LogP contribution in [0.1, 0.15) is 50.7 Å². The summed E-state index contributed by atoms with van der Waals surface area (Å²) in [5, 5.41) is 11.9. The summed E-state index contributed by atoms with van der Waals surface area (Å²) in [5.74, 6) is 0.920. The fourth-order valence-electron chi connectivity index (χ4n) is 3.13. The van der Waals surface area contributed by atoms with E-state index in [4.69, 9.17) is 23.2 Å². The lowest BCUT2D eigenvalue weighted by Gasteiger charge is -2.34. The SMILES string of the molecule is CCC1CCCCC1C(O)c1cc(Cl)ccc1Cl. The molecular weight excluding hydrogens is 267 g/mol. The monoisotopic (exact) mass is 286 g/mol. The third kappa shape index (κ3) is 3.01. The van der Waals surface area contributed by atoms with Crippen LogP contribution in [0.15, 0.2) is 18.2 Å². The van der Waals surface area contributed by atoms with Crippen LogP contribution in [0.5, 0.6) is 0 Å². The minimum atomic E-state index is -0.485. The fourth-order valence-corrected chi connectivity index (χ4v) is 3.54. The number of hydrogen-bond acceptors (Lipinski definition) is 1. The Labute approximate surface area is 119 Å². The number of benzene rings is 1. The van der Waals surface area contributed by atoms with Gasteiger partial charge in [0.1, 0.15) is 0 Å². The molecule has 1 aliphatic rings. The molecule has 1 saturated carbocycles. The van der Waals surface area contributed by atoms with Crippen molar-refractivity contribution < 1.29 is 5.11 Å². The summed E-state index contributed by atoms with van der Waals surface area (Å²) in [6, 6.07) is 5.33. The normalized spacial score (nSPS) is 26.0. The summed E-state index contributed by atoms with van der Waals surface area (Å²) in [5.41, 5.74) is 0.787. The van der Waals surface area contributed by atoms with Crippen LogP contribution in [0.25, 0.3) is 0 Å². The molecule has 0 heterocycles. The molecule has 0 aliphatic heterocycles. The van der Waals surface area contributed by atoms with E-state index in [2.05, 4.69) is 6.92 Å². The largest absolute Gasteiger partial charge is 0.388 e. The zero-order valence-electron chi connectivity index (χ0n) is 10.7. The Hall–Kier alpha value is -0.240. The van der Waals surface area contributed by atoms with Crippen LogP contribution in [-0.2, 0) is 0 Å². The van der Waals surface area contributed by atoms with Gasteiger partial charge in [0.05, 0.1) is 6.10 Å². The third-order valence-electron chi connectivity index (χ3n) is 4.17. The maximum atomic E-state index is 10.6. The summed E-state index contributed by atoms with van der Waals surface area (Å²) in [7, 11) is 0. The van der Waals surface area contributed by atoms with Gasteiger partial charge in [-0.1, -0.05) is 55.8 Å². The molecule has 0 amide bonds. The molecule has 3 unspecified atom stereocenters. The maximum Gasteiger partial charge on any atom is 0.0835 e. The lowest BCUT2D eigenvalue weighted by atomic mass is 9.73. The van der Waals surface area contributed by atoms with Gasteiger partial charge in [0.15, 0.2) is 0 Å². The van der Waals surface area contributed by atoms with Gasteiger partial charge in [-0.05, 0) is 36.5 Å². The molecule has 0 bridgehead atoms. The Bertz CT molecular complexity index is 405. The Morgan fingerprint density at radius 3 is 2.72 bits per heavy atom. The lowest BCUT2D eigenvalue weighted by molar-refractivity contribution is 0.0453. The van der Waals surface area contributed by atoms with Crippen molar-refractivity contribution in [3.05, 3.63) is 33.8 Å². The smallest absolute Gasteiger partial charge is 0.0835 e. The van der Waals surface area contributed by atoms with Crippen LogP contribution in [0.3, 0.4) is 0 Å². The Kier molecular flexibility index (Phi) is 4.94. The molecule has 3 heteroatoms. The molecule has 2 rings (SSSR count). The zero-order valence-corrected chi connectivity index (χ0v) is 12.2. The number of aliphatic hydroxyl groups is 1. The summed E-state index contributed by atoms with van der Waals surface area (Å²) >= 11 is 12.2. The average Bonchev–Trinajstić information content (AvgIpc) is 2.40. The molecule has 1 nitrogen and oxygen atoms in total. The highest BCUT2D eigenvalue weighted by Crippen LogP contribution is 2.42. The van der Waals surface area contributed by atoms with E-state index in [1.165, 1.54) is 19.3 Å². The average molecular weight is 287 g/mol. The molecular formula is C15H20Cl2O. The van der Waals surface area contributed by atoms with E-state index in [9.17, 15) is 5.11 Å². The van der Waals surface area contributed by atoms with Crippen LogP contribution in [0.4, 0.5) is 0 Å². The van der Waals surface area contributed by atoms with Gasteiger partial charge < -0.3 is 5.11 Å². The minimum Gasteiger partial charge on any atom is -0.388 e. The summed E-state index contributed by atoms with van der Waals surface area (Å²) < 4.78 is 0. The van der Waals surface area contributed by atoms with Crippen molar-refractivity contribution in [3.63, 3.8) is 0 Å². The number of aliphatic hydroxyl groups excluding tert-OH is 1. The van der Waals surface area contributed by atoms with E-state index < -0.39 is 6.10 Å². The molecule has 0 spiro atoms. The van der Waals surface area contributed by atoms with Crippen LogP contribution in [0.2, 0.25) is 10.0 Å². The molecule has 1 fully saturated rings. The number of rotatable bonds is 3. The van der Waals surface area contributed by atoms with E-state index in [-0.39, 0.29) is 0 Å². The van der Waals surface area contributed by atoms with Crippen LogP contribution in [-0.4, -0.2) is 5.11 Å². The summed E-state index contributed by atoms with van der Waals surface area (Å²) in [6.45, 7) is 2.20. The van der Waals surface area contributed by atoms with Gasteiger partial charge in [0.2, 0.25) is 0 Å². The summed E-state index contributed by atoms with van der Waals surface area (Å²) in [6.07, 6.45) is 5.43. The van der Waals surface area contributed by atoms with Crippen molar-refractivity contribution in [2.45, 2.75) is 45.1 Å². The van der Waals surface area contributed by atoms with Gasteiger partial charge >= 0.3 is 0 Å². The first-order valence-corrected chi connectivity index (χ1v) is 7.52. The molecule has 1 aromatic carbocycles. The van der Waals surface area contributed by atoms with Gasteiger partial charge in [-0.25, -0.2) is 0 Å². The topological polar surface area (TPSA) is 20.2 Å². The quantitative estimate of drug-likeness (QED) is 0.805. The second-order valence-electron chi connectivity index (χ2n) is 5.23. The predicted molar refractivity (Wildman–Crippen MR) is 77.2 cm³/mol. The number of hydrogen-bond donors (Lipinski definition) is 1. The van der Waals surface area contributed by atoms with Gasteiger partial charge in [-0.2, -0.15) is 0 Å². The van der Waals surface area contributed by atoms with Crippen molar-refractivity contribution in [2.75, 3.05) is 0 Å². The first-order chi connectivity index (χ1) is 8.63. The second-order valence-corrected chi connectivity index (χ2v) is 6.07. The highest BCUT2D eigenvalue weighted by Gasteiger charge is 2.31. The Balaban J connectivity index is 2.23. The third-order valence-corrected chi connectivity index (χ3v) is 4.75. The molecule has 1 aliphatic carbocycles. The molecule has 0 aromatic heterocycles. The molecule has 100 valence electrons. The first-order valence-electron chi connectivity index (χ1n) is 6.76. The maximum absolute atomic E-state index is 10.6. The second kappa shape index (κ2) is 6.27. The highest BCUT2D eigenvalue weighted by molar-refractivity contribution is 6.33. The van der Waals surface area contributed by atoms with Crippen molar-refractivity contribution in [3.8, 4) is 0 Å². The van der Waals surface area contributed by atoms with E-state index in [0.717, 1.165) is 18.4 Å². The molecule has 1 aromatic rings. The minimum absolute atomic E-state index is 0.319. The zero-order chi connectivity index (χ0) is 13.1. The molecule has 1 N–H and O–H groups in total. The molecule has 18 heavy (non-hydrogen) atoms. The summed E-state index contributed by atoms with van der Waals surface area (Å²) in [4.78, 5) is 0. The Morgan fingerprint density at radius 2 is 2.00 bits per heavy atom. The van der Waals surface area contributed by atoms with Gasteiger partial charge in [-0.3, -0.25) is 0 Å². The molecule has 0 radical (unpaired) electrons. The van der Waals surface area contributed by atoms with E-state index in [1.807, 2.05) is 0 Å². The van der Waals surface area contributed by atoms with E-state index in [0.29, 0.717) is 21.9 Å². The lowest BCUT2D eigenvalue weighted by Crippen LogP contribution is -2.25. The van der Waals surface area contributed by atoms with Crippen molar-refractivity contribution in [2.24, 2.45) is 11.8 Å². The van der Waals surface area contributed by atoms with Gasteiger partial charge in [-0.15, -0.1) is 0 Å².